The van der Waals surface area contributed by atoms with E-state index < -0.39 is 17.6 Å². The average Bonchev–Trinajstić information content (AvgIpc) is 3.31. The number of amides is 2. The summed E-state index contributed by atoms with van der Waals surface area (Å²) in [7, 11) is 1.19. The van der Waals surface area contributed by atoms with Gasteiger partial charge in [-0.3, -0.25) is 9.59 Å². The lowest BCUT2D eigenvalue weighted by Gasteiger charge is -2.18. The predicted octanol–water partition coefficient (Wildman–Crippen LogP) is 5.11. The first kappa shape index (κ1) is 27.3. The Hall–Kier alpha value is -4.33. The Bertz CT molecular complexity index is 1380. The van der Waals surface area contributed by atoms with Crippen molar-refractivity contribution in [3.8, 4) is 17.5 Å². The van der Waals surface area contributed by atoms with E-state index in [1.165, 1.54) is 36.3 Å². The van der Waals surface area contributed by atoms with Gasteiger partial charge in [0.15, 0.2) is 5.75 Å². The number of carbonyl (C=O) groups excluding carboxylic acids is 2. The van der Waals surface area contributed by atoms with E-state index in [0.717, 1.165) is 5.56 Å². The van der Waals surface area contributed by atoms with Gasteiger partial charge < -0.3 is 15.4 Å². The van der Waals surface area contributed by atoms with Gasteiger partial charge in [-0.05, 0) is 42.2 Å². The maximum Gasteiger partial charge on any atom is 0.416 e. The smallest absolute Gasteiger partial charge is 0.416 e. The first-order valence-electron chi connectivity index (χ1n) is 11.2. The molecule has 0 bridgehead atoms. The summed E-state index contributed by atoms with van der Waals surface area (Å²) in [5.74, 6) is -1.20. The van der Waals surface area contributed by atoms with E-state index in [4.69, 9.17) is 4.74 Å². The van der Waals surface area contributed by atoms with Gasteiger partial charge in [0, 0.05) is 18.3 Å². The fourth-order valence-electron chi connectivity index (χ4n) is 3.40. The molecule has 2 aromatic carbocycles. The summed E-state index contributed by atoms with van der Waals surface area (Å²) in [5.41, 5.74) is -0.173. The molecule has 0 aliphatic carbocycles. The molecule has 11 heteroatoms. The molecule has 0 radical (unpaired) electrons. The molecule has 0 aliphatic rings. The Balaban J connectivity index is 1.91. The minimum atomic E-state index is -4.73. The molecule has 0 saturated heterocycles. The summed E-state index contributed by atoms with van der Waals surface area (Å²) in [6.07, 6.45) is -1.80. The molecule has 1 heterocycles. The Morgan fingerprint density at radius 1 is 1.11 bits per heavy atom. The molecular weight excluding hydrogens is 487 g/mol. The maximum absolute atomic E-state index is 13.3. The average molecular weight is 514 g/mol. The highest BCUT2D eigenvalue weighted by Crippen LogP contribution is 2.37. The second-order valence-electron chi connectivity index (χ2n) is 9.59. The van der Waals surface area contributed by atoms with Gasteiger partial charge in [0.05, 0.1) is 41.4 Å². The minimum absolute atomic E-state index is 0.0970. The lowest BCUT2D eigenvalue weighted by molar-refractivity contribution is -0.137. The van der Waals surface area contributed by atoms with Crippen LogP contribution in [-0.2, 0) is 6.18 Å². The highest BCUT2D eigenvalue weighted by molar-refractivity contribution is 6.05. The topological polar surface area (TPSA) is 109 Å². The summed E-state index contributed by atoms with van der Waals surface area (Å²) in [6.45, 7) is 8.23. The molecular formula is C26H26F3N5O3. The van der Waals surface area contributed by atoms with E-state index >= 15 is 0 Å². The Morgan fingerprint density at radius 2 is 1.81 bits per heavy atom. The Morgan fingerprint density at radius 3 is 2.41 bits per heavy atom. The number of halogens is 3. The number of alkyl halides is 3. The molecule has 194 valence electrons. The zero-order chi connectivity index (χ0) is 27.5. The first-order valence-corrected chi connectivity index (χ1v) is 11.2. The van der Waals surface area contributed by atoms with E-state index in [1.54, 1.807) is 19.1 Å². The number of nitrogens with zero attached hydrogens (tertiary/aromatic N) is 3. The lowest BCUT2D eigenvalue weighted by Crippen LogP contribution is -2.32. The molecule has 0 spiro atoms. The predicted molar refractivity (Wildman–Crippen MR) is 131 cm³/mol. The number of methoxy groups -OCH3 is 1. The molecule has 2 amide bonds. The summed E-state index contributed by atoms with van der Waals surface area (Å²) in [5, 5.41) is 18.8. The van der Waals surface area contributed by atoms with Crippen LogP contribution in [0.1, 0.15) is 58.2 Å². The summed E-state index contributed by atoms with van der Waals surface area (Å²) in [6, 6.07) is 7.68. The molecule has 0 unspecified atom stereocenters. The van der Waals surface area contributed by atoms with Crippen LogP contribution in [0.4, 0.5) is 18.9 Å². The number of carbonyl (C=O) groups is 2. The number of aryl methyl sites for hydroxylation is 1. The molecule has 1 aromatic heterocycles. The Labute approximate surface area is 212 Å². The highest BCUT2D eigenvalue weighted by Gasteiger charge is 2.33. The van der Waals surface area contributed by atoms with E-state index in [1.807, 2.05) is 20.8 Å². The van der Waals surface area contributed by atoms with Crippen LogP contribution in [0.5, 0.6) is 5.75 Å². The maximum atomic E-state index is 13.3. The fourth-order valence-corrected chi connectivity index (χ4v) is 3.40. The van der Waals surface area contributed by atoms with Gasteiger partial charge in [-0.1, -0.05) is 26.8 Å². The zero-order valence-electron chi connectivity index (χ0n) is 20.9. The second-order valence-corrected chi connectivity index (χ2v) is 9.59. The molecule has 0 aliphatic heterocycles. The van der Waals surface area contributed by atoms with Crippen molar-refractivity contribution in [3.63, 3.8) is 0 Å². The standard InChI is InChI=1S/C26H26F3N5O3/c1-15-6-7-16(9-21(15)34-13-18(12-32-34)23(35)31-14-25(2,3)4)24(36)33-20-10-19(26(27,28)29)8-17(11-30)22(20)37-5/h6-10,12-13H,14H2,1-5H3,(H,31,35)(H,33,36). The fraction of sp³-hybridized carbons (Fsp3) is 0.308. The van der Waals surface area contributed by atoms with Gasteiger partial charge in [-0.2, -0.15) is 23.5 Å². The van der Waals surface area contributed by atoms with Crippen molar-refractivity contribution >= 4 is 17.5 Å². The van der Waals surface area contributed by atoms with Crippen LogP contribution < -0.4 is 15.4 Å². The van der Waals surface area contributed by atoms with Crippen LogP contribution in [0, 0.1) is 23.7 Å². The lowest BCUT2D eigenvalue weighted by atomic mass is 9.97. The summed E-state index contributed by atoms with van der Waals surface area (Å²) in [4.78, 5) is 25.5. The van der Waals surface area contributed by atoms with Crippen LogP contribution in [0.15, 0.2) is 42.7 Å². The van der Waals surface area contributed by atoms with Crippen molar-refractivity contribution in [3.05, 3.63) is 70.5 Å². The quantitative estimate of drug-likeness (QED) is 0.476. The summed E-state index contributed by atoms with van der Waals surface area (Å²) < 4.78 is 46.5. The van der Waals surface area contributed by atoms with E-state index in [9.17, 15) is 28.0 Å². The monoisotopic (exact) mass is 513 g/mol. The number of nitrogens with one attached hydrogen (secondary N) is 2. The van der Waals surface area contributed by atoms with Gasteiger partial charge in [-0.25, -0.2) is 4.68 Å². The largest absolute Gasteiger partial charge is 0.493 e. The van der Waals surface area contributed by atoms with E-state index in [-0.39, 0.29) is 33.9 Å². The summed E-state index contributed by atoms with van der Waals surface area (Å²) >= 11 is 0. The van der Waals surface area contributed by atoms with Gasteiger partial charge in [-0.15, -0.1) is 0 Å². The number of ether oxygens (including phenoxy) is 1. The van der Waals surface area contributed by atoms with Gasteiger partial charge in [0.1, 0.15) is 6.07 Å². The number of nitriles is 1. The van der Waals surface area contributed by atoms with Gasteiger partial charge in [0.2, 0.25) is 0 Å². The van der Waals surface area contributed by atoms with Crippen LogP contribution in [0.3, 0.4) is 0 Å². The molecule has 37 heavy (non-hydrogen) atoms. The highest BCUT2D eigenvalue weighted by atomic mass is 19.4. The zero-order valence-corrected chi connectivity index (χ0v) is 20.9. The van der Waals surface area contributed by atoms with Crippen molar-refractivity contribution in [1.29, 1.82) is 5.26 Å². The van der Waals surface area contributed by atoms with Crippen LogP contribution in [0.2, 0.25) is 0 Å². The number of anilines is 1. The van der Waals surface area contributed by atoms with Crippen molar-refractivity contribution in [2.45, 2.75) is 33.9 Å². The number of hydrogen-bond donors (Lipinski definition) is 2. The third-order valence-electron chi connectivity index (χ3n) is 5.33. The van der Waals surface area contributed by atoms with Crippen LogP contribution in [-0.4, -0.2) is 35.2 Å². The van der Waals surface area contributed by atoms with Crippen molar-refractivity contribution < 1.29 is 27.5 Å². The van der Waals surface area contributed by atoms with E-state index in [2.05, 4.69) is 15.7 Å². The van der Waals surface area contributed by atoms with E-state index in [0.29, 0.717) is 29.9 Å². The number of rotatable bonds is 6. The molecule has 0 fully saturated rings. The third-order valence-corrected chi connectivity index (χ3v) is 5.33. The Kier molecular flexibility index (Phi) is 7.62. The molecule has 3 rings (SSSR count). The van der Waals surface area contributed by atoms with Crippen molar-refractivity contribution in [1.82, 2.24) is 15.1 Å². The van der Waals surface area contributed by atoms with Crippen molar-refractivity contribution in [2.24, 2.45) is 5.41 Å². The normalized spacial score (nSPS) is 11.5. The number of aromatic nitrogens is 2. The number of hydrogen-bond acceptors (Lipinski definition) is 5. The molecule has 0 saturated carbocycles. The molecule has 8 nitrogen and oxygen atoms in total. The number of benzene rings is 2. The van der Waals surface area contributed by atoms with Crippen molar-refractivity contribution in [2.75, 3.05) is 19.0 Å². The second kappa shape index (κ2) is 10.3. The van der Waals surface area contributed by atoms with Crippen LogP contribution in [0.25, 0.3) is 5.69 Å². The molecule has 2 N–H and O–H groups in total. The van der Waals surface area contributed by atoms with Crippen LogP contribution >= 0.6 is 0 Å². The third kappa shape index (κ3) is 6.46. The first-order chi connectivity index (χ1) is 17.2. The molecule has 3 aromatic rings. The van der Waals surface area contributed by atoms with Gasteiger partial charge in [0.25, 0.3) is 11.8 Å². The van der Waals surface area contributed by atoms with Gasteiger partial charge >= 0.3 is 6.18 Å². The SMILES string of the molecule is COc1c(C#N)cc(C(F)(F)F)cc1NC(=O)c1ccc(C)c(-n2cc(C(=O)NCC(C)(C)C)cn2)c1. The minimum Gasteiger partial charge on any atom is -0.493 e. The molecule has 0 atom stereocenters.